The summed E-state index contributed by atoms with van der Waals surface area (Å²) < 4.78 is 1.03. The Balaban J connectivity index is 1.74. The molecule has 1 aliphatic carbocycles. The van der Waals surface area contributed by atoms with Gasteiger partial charge in [-0.2, -0.15) is 0 Å². The molecule has 108 valence electrons. The lowest BCUT2D eigenvalue weighted by Crippen LogP contribution is -2.69. The lowest BCUT2D eigenvalue weighted by Gasteiger charge is -2.41. The first-order valence-electron chi connectivity index (χ1n) is 7.25. The number of halogens is 1. The Morgan fingerprint density at radius 2 is 2.25 bits per heavy atom. The van der Waals surface area contributed by atoms with Gasteiger partial charge in [-0.3, -0.25) is 0 Å². The average molecular weight is 336 g/mol. The van der Waals surface area contributed by atoms with E-state index >= 15 is 0 Å². The number of nitrogens with zero attached hydrogens (tertiary/aromatic N) is 1. The van der Waals surface area contributed by atoms with Gasteiger partial charge >= 0.3 is 0 Å². The fourth-order valence-corrected chi connectivity index (χ4v) is 3.28. The number of hydrazine groups is 1. The zero-order valence-electron chi connectivity index (χ0n) is 12.3. The molecule has 2 N–H and O–H groups in total. The van der Waals surface area contributed by atoms with Gasteiger partial charge in [0.25, 0.3) is 0 Å². The summed E-state index contributed by atoms with van der Waals surface area (Å²) in [4.78, 5) is 0. The average Bonchev–Trinajstić information content (AvgIpc) is 3.26. The van der Waals surface area contributed by atoms with Gasteiger partial charge in [0.15, 0.2) is 0 Å². The highest BCUT2D eigenvalue weighted by molar-refractivity contribution is 9.11. The Hall–Kier alpha value is -0.800. The van der Waals surface area contributed by atoms with E-state index < -0.39 is 0 Å². The van der Waals surface area contributed by atoms with Crippen molar-refractivity contribution in [3.8, 4) is 0 Å². The van der Waals surface area contributed by atoms with Gasteiger partial charge in [0.05, 0.1) is 11.7 Å². The van der Waals surface area contributed by atoms with Crippen LogP contribution in [0, 0.1) is 5.92 Å². The van der Waals surface area contributed by atoms with E-state index in [1.165, 1.54) is 12.8 Å². The molecule has 3 nitrogen and oxygen atoms in total. The molecule has 0 aromatic rings. The number of rotatable bonds is 5. The predicted octanol–water partition coefficient (Wildman–Crippen LogP) is 3.19. The molecule has 2 saturated heterocycles. The second kappa shape index (κ2) is 4.88. The van der Waals surface area contributed by atoms with E-state index in [1.54, 1.807) is 0 Å². The molecule has 3 fully saturated rings. The molecule has 0 radical (unpaired) electrons. The van der Waals surface area contributed by atoms with Crippen LogP contribution in [0.15, 0.2) is 40.2 Å². The van der Waals surface area contributed by atoms with Gasteiger partial charge in [0.1, 0.15) is 5.66 Å². The molecule has 4 atom stereocenters. The van der Waals surface area contributed by atoms with Gasteiger partial charge in [-0.05, 0) is 61.5 Å². The minimum absolute atomic E-state index is 0.0550. The standard InChI is InChI=1S/C16H22BrN3/c1-5-12(17)13(9-6-10(2)3)18-16(4)15-14(11-7-8-11)20(15)19-16/h5-6,11,14-15,18-19H,2,7-8H2,1,3-4H3/b12-5+. The van der Waals surface area contributed by atoms with Crippen LogP contribution in [-0.2, 0) is 0 Å². The van der Waals surface area contributed by atoms with Gasteiger partial charge in [0, 0.05) is 10.5 Å². The molecule has 1 saturated carbocycles. The van der Waals surface area contributed by atoms with Crippen molar-refractivity contribution in [2.45, 2.75) is 51.4 Å². The van der Waals surface area contributed by atoms with Crippen molar-refractivity contribution in [2.75, 3.05) is 0 Å². The van der Waals surface area contributed by atoms with Crippen LogP contribution >= 0.6 is 15.9 Å². The Bertz CT molecular complexity index is 540. The van der Waals surface area contributed by atoms with Gasteiger partial charge < -0.3 is 5.32 Å². The van der Waals surface area contributed by atoms with E-state index in [-0.39, 0.29) is 5.66 Å². The van der Waals surface area contributed by atoms with Crippen LogP contribution in [0.4, 0.5) is 0 Å². The molecule has 2 heterocycles. The fourth-order valence-electron chi connectivity index (χ4n) is 3.07. The second-order valence-electron chi connectivity index (χ2n) is 6.27. The van der Waals surface area contributed by atoms with E-state index in [0.717, 1.165) is 27.7 Å². The van der Waals surface area contributed by atoms with Crippen LogP contribution in [0.5, 0.6) is 0 Å². The molecular formula is C16H22BrN3. The maximum absolute atomic E-state index is 3.89. The van der Waals surface area contributed by atoms with Crippen molar-refractivity contribution in [1.82, 2.24) is 15.8 Å². The monoisotopic (exact) mass is 335 g/mol. The van der Waals surface area contributed by atoms with E-state index in [1.807, 2.05) is 26.0 Å². The second-order valence-corrected chi connectivity index (χ2v) is 7.12. The summed E-state index contributed by atoms with van der Waals surface area (Å²) in [6, 6.07) is 1.36. The number of allylic oxidation sites excluding steroid dienone is 3. The molecular weight excluding hydrogens is 314 g/mol. The van der Waals surface area contributed by atoms with Crippen LogP contribution in [0.2, 0.25) is 0 Å². The Morgan fingerprint density at radius 3 is 2.80 bits per heavy atom. The number of fused-ring (bicyclic) bond motifs is 1. The molecule has 20 heavy (non-hydrogen) atoms. The van der Waals surface area contributed by atoms with Crippen LogP contribution < -0.4 is 10.7 Å². The van der Waals surface area contributed by atoms with Crippen LogP contribution in [-0.4, -0.2) is 22.8 Å². The Labute approximate surface area is 129 Å². The lowest BCUT2D eigenvalue weighted by molar-refractivity contribution is 0.0741. The number of hydrogen-bond donors (Lipinski definition) is 2. The lowest BCUT2D eigenvalue weighted by atomic mass is 10.0. The summed E-state index contributed by atoms with van der Waals surface area (Å²) >= 11 is 3.60. The van der Waals surface area contributed by atoms with Crippen LogP contribution in [0.3, 0.4) is 0 Å². The quantitative estimate of drug-likeness (QED) is 0.459. The van der Waals surface area contributed by atoms with Crippen LogP contribution in [0.25, 0.3) is 0 Å². The third kappa shape index (κ3) is 2.42. The summed E-state index contributed by atoms with van der Waals surface area (Å²) in [7, 11) is 0. The van der Waals surface area contributed by atoms with Crippen LogP contribution in [0.1, 0.15) is 33.6 Å². The molecule has 0 aromatic carbocycles. The summed E-state index contributed by atoms with van der Waals surface area (Å²) in [5, 5.41) is 5.99. The molecule has 0 aromatic heterocycles. The van der Waals surface area contributed by atoms with Crippen molar-refractivity contribution < 1.29 is 0 Å². The summed E-state index contributed by atoms with van der Waals surface area (Å²) in [6.07, 6.45) is 6.74. The first-order chi connectivity index (χ1) is 9.46. The molecule has 2 aliphatic heterocycles. The zero-order chi connectivity index (χ0) is 14.5. The molecule has 0 amide bonds. The topological polar surface area (TPSA) is 27.1 Å². The van der Waals surface area contributed by atoms with Crippen molar-refractivity contribution in [2.24, 2.45) is 5.92 Å². The summed E-state index contributed by atoms with van der Waals surface area (Å²) in [6.45, 7) is 10.1. The number of nitrogens with one attached hydrogen (secondary N) is 2. The maximum atomic E-state index is 3.89. The van der Waals surface area contributed by atoms with Crippen molar-refractivity contribution in [1.29, 1.82) is 0 Å². The molecule has 4 unspecified atom stereocenters. The van der Waals surface area contributed by atoms with Crippen molar-refractivity contribution >= 4 is 15.9 Å². The Kier molecular flexibility index (Phi) is 3.46. The largest absolute Gasteiger partial charge is 0.358 e. The minimum atomic E-state index is -0.0550. The van der Waals surface area contributed by atoms with E-state index in [0.29, 0.717) is 6.04 Å². The van der Waals surface area contributed by atoms with Crippen molar-refractivity contribution in [3.05, 3.63) is 40.2 Å². The smallest absolute Gasteiger partial charge is 0.117 e. The third-order valence-corrected chi connectivity index (χ3v) is 5.11. The van der Waals surface area contributed by atoms with E-state index in [2.05, 4.69) is 50.9 Å². The first kappa shape index (κ1) is 14.2. The number of hydrogen-bond acceptors (Lipinski definition) is 3. The Morgan fingerprint density at radius 1 is 1.55 bits per heavy atom. The highest BCUT2D eigenvalue weighted by atomic mass is 79.9. The fraction of sp³-hybridized carbons (Fsp3) is 0.562. The van der Waals surface area contributed by atoms with E-state index in [9.17, 15) is 0 Å². The molecule has 4 heteroatoms. The highest BCUT2D eigenvalue weighted by Crippen LogP contribution is 2.54. The molecule has 0 bridgehead atoms. The van der Waals surface area contributed by atoms with Gasteiger partial charge in [-0.25, -0.2) is 10.4 Å². The summed E-state index contributed by atoms with van der Waals surface area (Å²) in [5.74, 6) is 0.916. The SMILES string of the molecule is C=C(C)C=C=C(NC1(C)NN2C(C3CC3)C21)/C(Br)=C\C. The molecule has 3 aliphatic rings. The summed E-state index contributed by atoms with van der Waals surface area (Å²) in [5.41, 5.74) is 8.76. The van der Waals surface area contributed by atoms with Crippen molar-refractivity contribution in [3.63, 3.8) is 0 Å². The van der Waals surface area contributed by atoms with Gasteiger partial charge in [-0.1, -0.05) is 24.0 Å². The first-order valence-corrected chi connectivity index (χ1v) is 8.04. The zero-order valence-corrected chi connectivity index (χ0v) is 13.9. The highest BCUT2D eigenvalue weighted by Gasteiger charge is 2.71. The predicted molar refractivity (Wildman–Crippen MR) is 85.9 cm³/mol. The van der Waals surface area contributed by atoms with E-state index in [4.69, 9.17) is 0 Å². The minimum Gasteiger partial charge on any atom is -0.358 e. The normalized spacial score (nSPS) is 38.2. The molecule has 3 rings (SSSR count). The third-order valence-electron chi connectivity index (χ3n) is 4.25. The molecule has 0 spiro atoms. The van der Waals surface area contributed by atoms with Gasteiger partial charge in [0.2, 0.25) is 0 Å². The van der Waals surface area contributed by atoms with Gasteiger partial charge in [-0.15, -0.1) is 0 Å². The maximum Gasteiger partial charge on any atom is 0.117 e.